The van der Waals surface area contributed by atoms with E-state index < -0.39 is 0 Å². The highest BCUT2D eigenvalue weighted by atomic mass is 79.9. The number of halogens is 1. The molecule has 2 aromatic rings. The highest BCUT2D eigenvalue weighted by Crippen LogP contribution is 2.29. The van der Waals surface area contributed by atoms with E-state index in [4.69, 9.17) is 0 Å². The Kier molecular flexibility index (Phi) is 3.03. The Morgan fingerprint density at radius 3 is 2.67 bits per heavy atom. The first-order chi connectivity index (χ1) is 7.20. The molecule has 3 heteroatoms. The molecule has 0 amide bonds. The van der Waals surface area contributed by atoms with Crippen molar-refractivity contribution in [1.82, 2.24) is 0 Å². The van der Waals surface area contributed by atoms with Gasteiger partial charge in [-0.25, -0.2) is 0 Å². The van der Waals surface area contributed by atoms with Crippen LogP contribution in [0, 0.1) is 6.92 Å². The zero-order valence-electron chi connectivity index (χ0n) is 8.16. The van der Waals surface area contributed by atoms with Crippen LogP contribution in [0.25, 0.3) is 10.4 Å². The van der Waals surface area contributed by atoms with Gasteiger partial charge in [0.05, 0.1) is 4.88 Å². The first kappa shape index (κ1) is 10.6. The summed E-state index contributed by atoms with van der Waals surface area (Å²) in [6, 6.07) is 10.0. The van der Waals surface area contributed by atoms with Crippen molar-refractivity contribution in [2.45, 2.75) is 6.92 Å². The van der Waals surface area contributed by atoms with Gasteiger partial charge >= 0.3 is 0 Å². The second-order valence-corrected chi connectivity index (χ2v) is 5.25. The number of carbonyl (C=O) groups is 1. The largest absolute Gasteiger partial charge is 0.297 e. The van der Waals surface area contributed by atoms with Crippen LogP contribution >= 0.6 is 27.3 Å². The molecule has 0 N–H and O–H groups in total. The molecule has 15 heavy (non-hydrogen) atoms. The van der Waals surface area contributed by atoms with Crippen LogP contribution in [0.3, 0.4) is 0 Å². The molecule has 1 nitrogen and oxygen atoms in total. The lowest BCUT2D eigenvalue weighted by atomic mass is 10.1. The quantitative estimate of drug-likeness (QED) is 0.750. The van der Waals surface area contributed by atoms with Crippen LogP contribution in [0.15, 0.2) is 34.8 Å². The summed E-state index contributed by atoms with van der Waals surface area (Å²) in [5, 5.41) is 0. The summed E-state index contributed by atoms with van der Waals surface area (Å²) in [5.74, 6) is 0. The lowest BCUT2D eigenvalue weighted by molar-refractivity contribution is 0.112. The number of hydrogen-bond donors (Lipinski definition) is 0. The Morgan fingerprint density at radius 2 is 2.07 bits per heavy atom. The first-order valence-electron chi connectivity index (χ1n) is 4.52. The molecule has 0 radical (unpaired) electrons. The Labute approximate surface area is 101 Å². The van der Waals surface area contributed by atoms with Crippen LogP contribution in [0.2, 0.25) is 0 Å². The number of aldehydes is 1. The fraction of sp³-hybridized carbons (Fsp3) is 0.0833. The van der Waals surface area contributed by atoms with Crippen molar-refractivity contribution in [3.8, 4) is 10.4 Å². The van der Waals surface area contributed by atoms with Gasteiger partial charge in [0.1, 0.15) is 0 Å². The SMILES string of the molecule is Cc1cc(-c2ccc(C=O)s2)ccc1Br. The van der Waals surface area contributed by atoms with Crippen molar-refractivity contribution in [2.75, 3.05) is 0 Å². The molecule has 0 saturated heterocycles. The standard InChI is InChI=1S/C12H9BrOS/c1-8-6-9(2-4-11(8)13)12-5-3-10(7-14)15-12/h2-7H,1H3. The van der Waals surface area contributed by atoms with Gasteiger partial charge < -0.3 is 0 Å². The maximum Gasteiger partial charge on any atom is 0.160 e. The molecule has 1 aromatic carbocycles. The molecule has 0 unspecified atom stereocenters. The Bertz CT molecular complexity index is 502. The van der Waals surface area contributed by atoms with Crippen LogP contribution in [-0.2, 0) is 0 Å². The van der Waals surface area contributed by atoms with E-state index in [1.165, 1.54) is 16.9 Å². The average Bonchev–Trinajstić information content (AvgIpc) is 2.70. The van der Waals surface area contributed by atoms with Gasteiger partial charge in [-0.3, -0.25) is 4.79 Å². The van der Waals surface area contributed by atoms with Crippen LogP contribution in [-0.4, -0.2) is 6.29 Å². The molecule has 0 aliphatic rings. The van der Waals surface area contributed by atoms with Gasteiger partial charge in [-0.15, -0.1) is 11.3 Å². The Balaban J connectivity index is 2.44. The lowest BCUT2D eigenvalue weighted by Gasteiger charge is -2.01. The Morgan fingerprint density at radius 1 is 1.27 bits per heavy atom. The predicted molar refractivity (Wildman–Crippen MR) is 67.6 cm³/mol. The first-order valence-corrected chi connectivity index (χ1v) is 6.13. The maximum absolute atomic E-state index is 10.6. The van der Waals surface area contributed by atoms with E-state index in [2.05, 4.69) is 35.0 Å². The van der Waals surface area contributed by atoms with Crippen molar-refractivity contribution in [2.24, 2.45) is 0 Å². The van der Waals surface area contributed by atoms with E-state index in [9.17, 15) is 4.79 Å². The number of aryl methyl sites for hydroxylation is 1. The highest BCUT2D eigenvalue weighted by molar-refractivity contribution is 9.10. The molecule has 0 saturated carbocycles. The third kappa shape index (κ3) is 2.19. The van der Waals surface area contributed by atoms with Gasteiger partial charge in [0.2, 0.25) is 0 Å². The second-order valence-electron chi connectivity index (χ2n) is 3.28. The molecule has 0 aliphatic carbocycles. The summed E-state index contributed by atoms with van der Waals surface area (Å²) in [6.07, 6.45) is 0.889. The topological polar surface area (TPSA) is 17.1 Å². The number of thiophene rings is 1. The minimum Gasteiger partial charge on any atom is -0.297 e. The van der Waals surface area contributed by atoms with Crippen LogP contribution in [0.5, 0.6) is 0 Å². The molecule has 0 aliphatic heterocycles. The van der Waals surface area contributed by atoms with Gasteiger partial charge in [-0.1, -0.05) is 22.0 Å². The smallest absolute Gasteiger partial charge is 0.160 e. The van der Waals surface area contributed by atoms with E-state index in [-0.39, 0.29) is 0 Å². The normalized spacial score (nSPS) is 10.3. The highest BCUT2D eigenvalue weighted by Gasteiger charge is 2.03. The zero-order valence-corrected chi connectivity index (χ0v) is 10.6. The molecule has 1 aromatic heterocycles. The summed E-state index contributed by atoms with van der Waals surface area (Å²) in [4.78, 5) is 12.5. The molecular weight excluding hydrogens is 272 g/mol. The Hall–Kier alpha value is -0.930. The zero-order chi connectivity index (χ0) is 10.8. The van der Waals surface area contributed by atoms with Crippen LogP contribution < -0.4 is 0 Å². The average molecular weight is 281 g/mol. The number of hydrogen-bond acceptors (Lipinski definition) is 2. The molecule has 76 valence electrons. The predicted octanol–water partition coefficient (Wildman–Crippen LogP) is 4.30. The van der Waals surface area contributed by atoms with Gasteiger partial charge in [0.25, 0.3) is 0 Å². The van der Waals surface area contributed by atoms with E-state index in [0.717, 1.165) is 26.1 Å². The van der Waals surface area contributed by atoms with Crippen molar-refractivity contribution < 1.29 is 4.79 Å². The minimum atomic E-state index is 0.769. The molecule has 0 bridgehead atoms. The molecule has 0 atom stereocenters. The summed E-state index contributed by atoms with van der Waals surface area (Å²) in [5.41, 5.74) is 2.36. The second kappa shape index (κ2) is 4.29. The van der Waals surface area contributed by atoms with E-state index in [1.54, 1.807) is 0 Å². The molecule has 0 spiro atoms. The maximum atomic E-state index is 10.6. The van der Waals surface area contributed by atoms with E-state index in [1.807, 2.05) is 18.2 Å². The van der Waals surface area contributed by atoms with Crippen molar-refractivity contribution in [3.05, 3.63) is 45.2 Å². The van der Waals surface area contributed by atoms with Crippen molar-refractivity contribution in [3.63, 3.8) is 0 Å². The monoisotopic (exact) mass is 280 g/mol. The van der Waals surface area contributed by atoms with E-state index in [0.29, 0.717) is 0 Å². The minimum absolute atomic E-state index is 0.769. The summed E-state index contributed by atoms with van der Waals surface area (Å²) in [7, 11) is 0. The number of benzene rings is 1. The van der Waals surface area contributed by atoms with Crippen LogP contribution in [0.1, 0.15) is 15.2 Å². The third-order valence-electron chi connectivity index (χ3n) is 2.19. The van der Waals surface area contributed by atoms with Crippen LogP contribution in [0.4, 0.5) is 0 Å². The van der Waals surface area contributed by atoms with E-state index >= 15 is 0 Å². The van der Waals surface area contributed by atoms with Gasteiger partial charge in [0.15, 0.2) is 6.29 Å². The number of carbonyl (C=O) groups excluding carboxylic acids is 1. The number of rotatable bonds is 2. The fourth-order valence-corrected chi connectivity index (χ4v) is 2.43. The summed E-state index contributed by atoms with van der Waals surface area (Å²) >= 11 is 4.99. The molecule has 2 rings (SSSR count). The van der Waals surface area contributed by atoms with Gasteiger partial charge in [0, 0.05) is 9.35 Å². The van der Waals surface area contributed by atoms with Gasteiger partial charge in [-0.2, -0.15) is 0 Å². The molecule has 0 fully saturated rings. The fourth-order valence-electron chi connectivity index (χ4n) is 1.37. The molecule has 1 heterocycles. The lowest BCUT2D eigenvalue weighted by Crippen LogP contribution is -1.77. The summed E-state index contributed by atoms with van der Waals surface area (Å²) in [6.45, 7) is 2.06. The van der Waals surface area contributed by atoms with Gasteiger partial charge in [-0.05, 0) is 42.3 Å². The summed E-state index contributed by atoms with van der Waals surface area (Å²) < 4.78 is 1.11. The third-order valence-corrected chi connectivity index (χ3v) is 4.13. The van der Waals surface area contributed by atoms with Crippen molar-refractivity contribution in [1.29, 1.82) is 0 Å². The van der Waals surface area contributed by atoms with Crippen molar-refractivity contribution >= 4 is 33.6 Å². The molecular formula is C12H9BrOS.